The summed E-state index contributed by atoms with van der Waals surface area (Å²) in [6, 6.07) is 5.10. The van der Waals surface area contributed by atoms with Crippen molar-refractivity contribution in [3.05, 3.63) is 28.3 Å². The van der Waals surface area contributed by atoms with Crippen LogP contribution in [0.2, 0.25) is 5.02 Å². The molecule has 25 heavy (non-hydrogen) atoms. The lowest BCUT2D eigenvalue weighted by atomic mass is 9.67. The van der Waals surface area contributed by atoms with Crippen LogP contribution in [-0.2, 0) is 14.3 Å². The van der Waals surface area contributed by atoms with Crippen molar-refractivity contribution in [2.24, 2.45) is 11.8 Å². The van der Waals surface area contributed by atoms with Crippen molar-refractivity contribution in [1.82, 2.24) is 0 Å². The van der Waals surface area contributed by atoms with Crippen LogP contribution in [0.3, 0.4) is 0 Å². The summed E-state index contributed by atoms with van der Waals surface area (Å²) in [5.74, 6) is -2.15. The number of aliphatic hydroxyl groups is 1. The monoisotopic (exact) mass is 360 g/mol. The van der Waals surface area contributed by atoms with E-state index in [0.717, 1.165) is 4.90 Å². The molecule has 0 saturated carbocycles. The molecule has 6 nitrogen and oxygen atoms in total. The Hall–Kier alpha value is -1.94. The van der Waals surface area contributed by atoms with E-state index < -0.39 is 35.0 Å². The molecule has 3 saturated heterocycles. The van der Waals surface area contributed by atoms with Crippen LogP contribution in [0, 0.1) is 30.1 Å². The molecular weight excluding hydrogens is 344 g/mol. The molecule has 5 unspecified atom stereocenters. The zero-order chi connectivity index (χ0) is 18.3. The normalized spacial score (nSPS) is 39.0. The fraction of sp³-hybridized carbons (Fsp3) is 0.500. The zero-order valence-electron chi connectivity index (χ0n) is 14.0. The molecule has 1 aromatic carbocycles. The van der Waals surface area contributed by atoms with Gasteiger partial charge in [0.2, 0.25) is 11.8 Å². The van der Waals surface area contributed by atoms with Crippen LogP contribution in [0.1, 0.15) is 31.4 Å². The van der Waals surface area contributed by atoms with Crippen LogP contribution < -0.4 is 4.90 Å². The van der Waals surface area contributed by atoms with Crippen LogP contribution in [0.15, 0.2) is 12.1 Å². The minimum absolute atomic E-state index is 0.213. The highest BCUT2D eigenvalue weighted by atomic mass is 35.5. The summed E-state index contributed by atoms with van der Waals surface area (Å²) in [6.45, 7) is 5.13. The Morgan fingerprint density at radius 2 is 1.96 bits per heavy atom. The second-order valence-electron chi connectivity index (χ2n) is 7.47. The third-order valence-electron chi connectivity index (χ3n) is 6.02. The number of aliphatic hydroxyl groups excluding tert-OH is 1. The Labute approximate surface area is 149 Å². The van der Waals surface area contributed by atoms with E-state index in [2.05, 4.69) is 0 Å². The van der Waals surface area contributed by atoms with Crippen LogP contribution >= 0.6 is 11.6 Å². The van der Waals surface area contributed by atoms with E-state index in [-0.39, 0.29) is 16.6 Å². The molecule has 3 aliphatic heterocycles. The number of imide groups is 1. The smallest absolute Gasteiger partial charge is 0.240 e. The molecule has 0 radical (unpaired) electrons. The van der Waals surface area contributed by atoms with Gasteiger partial charge in [-0.1, -0.05) is 11.6 Å². The average molecular weight is 361 g/mol. The number of ether oxygens (including phenoxy) is 1. The Morgan fingerprint density at radius 3 is 2.60 bits per heavy atom. The van der Waals surface area contributed by atoms with E-state index in [1.807, 2.05) is 6.07 Å². The summed E-state index contributed by atoms with van der Waals surface area (Å²) >= 11 is 6.35. The number of benzene rings is 1. The average Bonchev–Trinajstić information content (AvgIpc) is 3.05. The summed E-state index contributed by atoms with van der Waals surface area (Å²) in [5, 5.41) is 19.7. The van der Waals surface area contributed by atoms with Crippen LogP contribution in [0.5, 0.6) is 0 Å². The van der Waals surface area contributed by atoms with Gasteiger partial charge in [-0.3, -0.25) is 9.59 Å². The standard InChI is InChI=1S/C18H17ClN2O4/c1-8-9(7-20)4-5-10(14(8)19)21-15(23)12-13(16(21)24)18(3)11(22)6-17(12,2)25-18/h4-5,11-13,22H,6H2,1-3H3. The van der Waals surface area contributed by atoms with Gasteiger partial charge in [-0.05, 0) is 38.5 Å². The molecule has 3 heterocycles. The SMILES string of the molecule is Cc1c(C#N)ccc(N2C(=O)C3C(C2=O)C2(C)OC3(C)CC2O)c1Cl. The highest BCUT2D eigenvalue weighted by Crippen LogP contribution is 2.61. The fourth-order valence-corrected chi connectivity index (χ4v) is 4.97. The minimum atomic E-state index is -1.07. The van der Waals surface area contributed by atoms with Gasteiger partial charge >= 0.3 is 0 Å². The number of nitrogens with zero attached hydrogens (tertiary/aromatic N) is 2. The molecular formula is C18H17ClN2O4. The topological polar surface area (TPSA) is 90.6 Å². The summed E-state index contributed by atoms with van der Waals surface area (Å²) < 4.78 is 5.95. The van der Waals surface area contributed by atoms with Crippen molar-refractivity contribution in [2.45, 2.75) is 44.5 Å². The van der Waals surface area contributed by atoms with Crippen LogP contribution in [-0.4, -0.2) is 34.2 Å². The first-order valence-corrected chi connectivity index (χ1v) is 8.49. The summed E-state index contributed by atoms with van der Waals surface area (Å²) in [7, 11) is 0. The molecule has 3 fully saturated rings. The predicted octanol–water partition coefficient (Wildman–Crippen LogP) is 1.94. The molecule has 2 amide bonds. The van der Waals surface area contributed by atoms with Gasteiger partial charge in [0.15, 0.2) is 0 Å². The van der Waals surface area contributed by atoms with Crippen molar-refractivity contribution >= 4 is 29.1 Å². The van der Waals surface area contributed by atoms with Gasteiger partial charge in [0.05, 0.1) is 45.9 Å². The second kappa shape index (κ2) is 4.82. The first kappa shape index (κ1) is 16.5. The Morgan fingerprint density at radius 1 is 1.32 bits per heavy atom. The van der Waals surface area contributed by atoms with Crippen LogP contribution in [0.25, 0.3) is 0 Å². The minimum Gasteiger partial charge on any atom is -0.390 e. The van der Waals surface area contributed by atoms with Crippen molar-refractivity contribution in [3.8, 4) is 6.07 Å². The Kier molecular flexibility index (Phi) is 3.19. The van der Waals surface area contributed by atoms with Crippen molar-refractivity contribution in [2.75, 3.05) is 4.90 Å². The third-order valence-corrected chi connectivity index (χ3v) is 6.50. The number of amides is 2. The van der Waals surface area contributed by atoms with E-state index in [9.17, 15) is 14.7 Å². The van der Waals surface area contributed by atoms with Gasteiger partial charge in [0, 0.05) is 6.42 Å². The van der Waals surface area contributed by atoms with Gasteiger partial charge in [-0.2, -0.15) is 5.26 Å². The molecule has 1 N–H and O–H groups in total. The van der Waals surface area contributed by atoms with E-state index in [4.69, 9.17) is 21.6 Å². The zero-order valence-corrected chi connectivity index (χ0v) is 14.8. The number of hydrogen-bond donors (Lipinski definition) is 1. The number of halogens is 1. The number of carbonyl (C=O) groups is 2. The lowest BCUT2D eigenvalue weighted by molar-refractivity contribution is -0.132. The number of rotatable bonds is 1. The van der Waals surface area contributed by atoms with Crippen LogP contribution in [0.4, 0.5) is 5.69 Å². The number of nitriles is 1. The molecule has 4 rings (SSSR count). The van der Waals surface area contributed by atoms with Gasteiger partial charge in [-0.15, -0.1) is 0 Å². The van der Waals surface area contributed by atoms with Gasteiger partial charge < -0.3 is 9.84 Å². The Bertz CT molecular complexity index is 879. The quantitative estimate of drug-likeness (QED) is 0.773. The molecule has 1 aromatic rings. The molecule has 3 aliphatic rings. The first-order valence-electron chi connectivity index (χ1n) is 8.11. The number of anilines is 1. The summed E-state index contributed by atoms with van der Waals surface area (Å²) in [5.41, 5.74) is -0.742. The molecule has 5 atom stereocenters. The maximum absolute atomic E-state index is 13.1. The Balaban J connectivity index is 1.84. The maximum atomic E-state index is 13.1. The largest absolute Gasteiger partial charge is 0.390 e. The van der Waals surface area contributed by atoms with E-state index in [1.54, 1.807) is 26.8 Å². The van der Waals surface area contributed by atoms with Gasteiger partial charge in [-0.25, -0.2) is 4.90 Å². The fourth-order valence-electron chi connectivity index (χ4n) is 4.72. The van der Waals surface area contributed by atoms with Crippen molar-refractivity contribution < 1.29 is 19.4 Å². The lowest BCUT2D eigenvalue weighted by Crippen LogP contribution is -2.49. The number of carbonyl (C=O) groups excluding carboxylic acids is 2. The predicted molar refractivity (Wildman–Crippen MR) is 88.9 cm³/mol. The molecule has 0 aliphatic carbocycles. The number of hydrogen-bond acceptors (Lipinski definition) is 5. The maximum Gasteiger partial charge on any atom is 0.240 e. The van der Waals surface area contributed by atoms with E-state index in [1.165, 1.54) is 6.07 Å². The number of fused-ring (bicyclic) bond motifs is 5. The molecule has 0 spiro atoms. The second-order valence-corrected chi connectivity index (χ2v) is 7.85. The first-order chi connectivity index (χ1) is 11.7. The van der Waals surface area contributed by atoms with E-state index >= 15 is 0 Å². The molecule has 2 bridgehead atoms. The molecule has 7 heteroatoms. The summed E-state index contributed by atoms with van der Waals surface area (Å²) in [4.78, 5) is 27.3. The van der Waals surface area contributed by atoms with E-state index in [0.29, 0.717) is 17.5 Å². The van der Waals surface area contributed by atoms with Crippen molar-refractivity contribution in [3.63, 3.8) is 0 Å². The van der Waals surface area contributed by atoms with Gasteiger partial charge in [0.25, 0.3) is 0 Å². The summed E-state index contributed by atoms with van der Waals surface area (Å²) in [6.07, 6.45) is -0.480. The van der Waals surface area contributed by atoms with Crippen molar-refractivity contribution in [1.29, 1.82) is 5.26 Å². The third kappa shape index (κ3) is 1.81. The highest BCUT2D eigenvalue weighted by molar-refractivity contribution is 6.37. The molecule has 0 aromatic heterocycles. The molecule has 130 valence electrons. The van der Waals surface area contributed by atoms with Gasteiger partial charge in [0.1, 0.15) is 5.60 Å². The highest BCUT2D eigenvalue weighted by Gasteiger charge is 2.75. The lowest BCUT2D eigenvalue weighted by Gasteiger charge is -2.31.